The summed E-state index contributed by atoms with van der Waals surface area (Å²) < 4.78 is 43.3. The summed E-state index contributed by atoms with van der Waals surface area (Å²) >= 11 is 11.9. The van der Waals surface area contributed by atoms with E-state index in [1.165, 1.54) is 44.4 Å². The largest absolute Gasteiger partial charge is 0.465 e. The normalized spacial score (nSPS) is 15.9. The highest BCUT2D eigenvalue weighted by atomic mass is 35.5. The van der Waals surface area contributed by atoms with Crippen LogP contribution in [0.4, 0.5) is 18.9 Å². The van der Waals surface area contributed by atoms with Crippen molar-refractivity contribution < 1.29 is 27.5 Å². The molecule has 1 aliphatic rings. The lowest BCUT2D eigenvalue weighted by atomic mass is 10.0. The van der Waals surface area contributed by atoms with Gasteiger partial charge in [0.05, 0.1) is 33.9 Å². The first-order valence-electron chi connectivity index (χ1n) is 8.52. The zero-order chi connectivity index (χ0) is 22.2. The molecule has 0 bridgehead atoms. The molecule has 0 spiro atoms. The van der Waals surface area contributed by atoms with Crippen LogP contribution in [0.5, 0.6) is 0 Å². The number of ether oxygens (including phenoxy) is 1. The van der Waals surface area contributed by atoms with Gasteiger partial charge < -0.3 is 4.74 Å². The number of halogens is 5. The van der Waals surface area contributed by atoms with Crippen LogP contribution in [0.15, 0.2) is 59.3 Å². The fraction of sp³-hybridized carbons (Fsp3) is 0.143. The van der Waals surface area contributed by atoms with Crippen molar-refractivity contribution in [2.75, 3.05) is 12.0 Å². The van der Waals surface area contributed by atoms with Crippen molar-refractivity contribution >= 4 is 46.8 Å². The Morgan fingerprint density at radius 2 is 1.70 bits per heavy atom. The lowest BCUT2D eigenvalue weighted by molar-refractivity contribution is -0.137. The van der Waals surface area contributed by atoms with Crippen molar-refractivity contribution in [3.8, 4) is 0 Å². The van der Waals surface area contributed by atoms with Gasteiger partial charge >= 0.3 is 12.1 Å². The van der Waals surface area contributed by atoms with Gasteiger partial charge in [-0.1, -0.05) is 29.3 Å². The smallest absolute Gasteiger partial charge is 0.416 e. The first-order chi connectivity index (χ1) is 14.0. The number of anilines is 1. The number of rotatable bonds is 3. The summed E-state index contributed by atoms with van der Waals surface area (Å²) in [5.41, 5.74) is 0.115. The predicted octanol–water partition coefficient (Wildman–Crippen LogP) is 5.89. The molecule has 156 valence electrons. The van der Waals surface area contributed by atoms with Crippen LogP contribution in [-0.4, -0.2) is 19.0 Å². The van der Waals surface area contributed by atoms with Crippen LogP contribution >= 0.6 is 23.2 Å². The zero-order valence-corrected chi connectivity index (χ0v) is 17.2. The third kappa shape index (κ3) is 4.08. The Morgan fingerprint density at radius 1 is 1.07 bits per heavy atom. The Kier molecular flexibility index (Phi) is 5.97. The molecule has 1 amide bonds. The molecule has 1 heterocycles. The van der Waals surface area contributed by atoms with Crippen molar-refractivity contribution in [3.05, 3.63) is 80.5 Å². The van der Waals surface area contributed by atoms with Gasteiger partial charge in [-0.3, -0.25) is 9.69 Å². The number of nitrogens with zero attached hydrogens (tertiary/aromatic N) is 1. The number of hydrogen-bond donors (Lipinski definition) is 0. The number of allylic oxidation sites excluding steroid dienone is 1. The Bertz CT molecular complexity index is 1090. The summed E-state index contributed by atoms with van der Waals surface area (Å²) in [4.78, 5) is 26.6. The van der Waals surface area contributed by atoms with E-state index in [9.17, 15) is 22.8 Å². The molecular formula is C21H14Cl2F3NO3. The maximum Gasteiger partial charge on any atom is 0.416 e. The molecule has 1 aliphatic heterocycles. The van der Waals surface area contributed by atoms with E-state index >= 15 is 0 Å². The minimum atomic E-state index is -4.51. The second-order valence-electron chi connectivity index (χ2n) is 6.37. The molecule has 9 heteroatoms. The molecule has 0 atom stereocenters. The lowest BCUT2D eigenvalue weighted by Gasteiger charge is -2.18. The summed E-state index contributed by atoms with van der Waals surface area (Å²) in [7, 11) is 1.17. The number of esters is 1. The number of amides is 1. The van der Waals surface area contributed by atoms with E-state index in [4.69, 9.17) is 27.9 Å². The van der Waals surface area contributed by atoms with Crippen molar-refractivity contribution in [2.45, 2.75) is 13.1 Å². The minimum Gasteiger partial charge on any atom is -0.465 e. The average Bonchev–Trinajstić information content (AvgIpc) is 2.93. The average molecular weight is 456 g/mol. The predicted molar refractivity (Wildman–Crippen MR) is 108 cm³/mol. The van der Waals surface area contributed by atoms with Crippen LogP contribution in [0, 0.1) is 0 Å². The number of carbonyl (C=O) groups excluding carboxylic acids is 2. The second kappa shape index (κ2) is 8.16. The molecule has 0 N–H and O–H groups in total. The summed E-state index contributed by atoms with van der Waals surface area (Å²) in [6, 6.07) is 8.75. The molecule has 0 fully saturated rings. The minimum absolute atomic E-state index is 0.00784. The van der Waals surface area contributed by atoms with Crippen molar-refractivity contribution in [1.82, 2.24) is 0 Å². The fourth-order valence-electron chi connectivity index (χ4n) is 3.06. The van der Waals surface area contributed by atoms with E-state index in [1.807, 2.05) is 0 Å². The Hall–Kier alpha value is -2.77. The molecule has 30 heavy (non-hydrogen) atoms. The van der Waals surface area contributed by atoms with Crippen LogP contribution in [0.25, 0.3) is 6.08 Å². The van der Waals surface area contributed by atoms with Gasteiger partial charge in [-0.2, -0.15) is 13.2 Å². The number of hydrogen-bond acceptors (Lipinski definition) is 3. The maximum absolute atomic E-state index is 13.1. The van der Waals surface area contributed by atoms with E-state index < -0.39 is 23.6 Å². The topological polar surface area (TPSA) is 46.6 Å². The molecule has 0 aliphatic carbocycles. The van der Waals surface area contributed by atoms with Crippen molar-refractivity contribution in [2.24, 2.45) is 0 Å². The molecule has 0 saturated carbocycles. The number of benzene rings is 2. The molecular weight excluding hydrogens is 442 g/mol. The summed E-state index contributed by atoms with van der Waals surface area (Å²) in [5, 5.41) is 0.583. The van der Waals surface area contributed by atoms with Crippen LogP contribution in [0.3, 0.4) is 0 Å². The molecule has 0 saturated heterocycles. The summed E-state index contributed by atoms with van der Waals surface area (Å²) in [6.07, 6.45) is -3.06. The maximum atomic E-state index is 13.1. The number of carbonyl (C=O) groups is 2. The third-order valence-electron chi connectivity index (χ3n) is 4.50. The van der Waals surface area contributed by atoms with Gasteiger partial charge in [0.15, 0.2) is 0 Å². The molecule has 2 aromatic rings. The molecule has 0 aromatic heterocycles. The van der Waals surface area contributed by atoms with Gasteiger partial charge in [0, 0.05) is 11.4 Å². The first kappa shape index (κ1) is 21.9. The molecule has 0 radical (unpaired) electrons. The highest BCUT2D eigenvalue weighted by Gasteiger charge is 2.38. The van der Waals surface area contributed by atoms with Crippen molar-refractivity contribution in [3.63, 3.8) is 0 Å². The van der Waals surface area contributed by atoms with Gasteiger partial charge in [-0.05, 0) is 55.0 Å². The SMILES string of the molecule is COC(=O)C1=C(C)N(c2ccc(C(F)(F)F)cc2)C(=O)/C1=C\c1ccc(Cl)c(Cl)c1. The zero-order valence-electron chi connectivity index (χ0n) is 15.7. The Morgan fingerprint density at radius 3 is 2.23 bits per heavy atom. The van der Waals surface area contributed by atoms with Crippen molar-refractivity contribution in [1.29, 1.82) is 0 Å². The number of alkyl halides is 3. The van der Waals surface area contributed by atoms with Gasteiger partial charge in [-0.25, -0.2) is 4.79 Å². The summed E-state index contributed by atoms with van der Waals surface area (Å²) in [5.74, 6) is -1.33. The van der Waals surface area contributed by atoms with E-state index in [0.717, 1.165) is 17.0 Å². The lowest BCUT2D eigenvalue weighted by Crippen LogP contribution is -2.24. The standard InChI is InChI=1S/C21H14Cl2F3NO3/c1-11-18(20(29)30-2)15(9-12-3-8-16(22)17(23)10-12)19(28)27(11)14-6-4-13(5-7-14)21(24,25)26/h3-10H,1-2H3/b15-9-. The van der Waals surface area contributed by atoms with Gasteiger partial charge in [-0.15, -0.1) is 0 Å². The molecule has 3 rings (SSSR count). The molecule has 0 unspecified atom stereocenters. The fourth-order valence-corrected chi connectivity index (χ4v) is 3.37. The Labute approximate surface area is 180 Å². The van der Waals surface area contributed by atoms with E-state index in [1.54, 1.807) is 6.07 Å². The summed E-state index contributed by atoms with van der Waals surface area (Å²) in [6.45, 7) is 1.51. The monoisotopic (exact) mass is 455 g/mol. The molecule has 4 nitrogen and oxygen atoms in total. The van der Waals surface area contributed by atoms with Crippen LogP contribution in [-0.2, 0) is 20.5 Å². The first-order valence-corrected chi connectivity index (χ1v) is 9.28. The van der Waals surface area contributed by atoms with E-state index in [2.05, 4.69) is 0 Å². The second-order valence-corrected chi connectivity index (χ2v) is 7.18. The van der Waals surface area contributed by atoms with Gasteiger partial charge in [0.25, 0.3) is 5.91 Å². The van der Waals surface area contributed by atoms with Crippen LogP contribution < -0.4 is 4.90 Å². The highest BCUT2D eigenvalue weighted by Crippen LogP contribution is 2.37. The van der Waals surface area contributed by atoms with Gasteiger partial charge in [0.1, 0.15) is 0 Å². The molecule has 2 aromatic carbocycles. The third-order valence-corrected chi connectivity index (χ3v) is 5.24. The van der Waals surface area contributed by atoms with Crippen LogP contribution in [0.1, 0.15) is 18.1 Å². The van der Waals surface area contributed by atoms with Gasteiger partial charge in [0.2, 0.25) is 0 Å². The highest BCUT2D eigenvalue weighted by molar-refractivity contribution is 6.42. The Balaban J connectivity index is 2.10. The van der Waals surface area contributed by atoms with E-state index in [-0.39, 0.29) is 27.6 Å². The van der Waals surface area contributed by atoms with E-state index in [0.29, 0.717) is 10.6 Å². The quantitative estimate of drug-likeness (QED) is 0.428. The van der Waals surface area contributed by atoms with Crippen LogP contribution in [0.2, 0.25) is 10.0 Å². The number of methoxy groups -OCH3 is 1.